The van der Waals surface area contributed by atoms with Crippen LogP contribution < -0.4 is 15.4 Å². The summed E-state index contributed by atoms with van der Waals surface area (Å²) in [7, 11) is -3.66. The van der Waals surface area contributed by atoms with Crippen LogP contribution in [0.4, 0.5) is 5.69 Å². The monoisotopic (exact) mass is 384 g/mol. The van der Waals surface area contributed by atoms with Crippen LogP contribution in [-0.2, 0) is 14.8 Å². The van der Waals surface area contributed by atoms with Crippen LogP contribution in [0, 0.1) is 0 Å². The molecule has 1 amide bonds. The summed E-state index contributed by atoms with van der Waals surface area (Å²) in [6.07, 6.45) is 0.566. The van der Waals surface area contributed by atoms with Gasteiger partial charge in [-0.25, -0.2) is 13.6 Å². The second kappa shape index (κ2) is 7.94. The first kappa shape index (κ1) is 18.5. The second-order valence-electron chi connectivity index (χ2n) is 6.34. The SMILES string of the molecule is NS(=O)(=O)c1ccc(N2CCN(C(=O)CC3CSCCN3)CC2)cc1. The van der Waals surface area contributed by atoms with Crippen LogP contribution in [0.5, 0.6) is 0 Å². The van der Waals surface area contributed by atoms with Gasteiger partial charge in [-0.15, -0.1) is 0 Å². The fraction of sp³-hybridized carbons (Fsp3) is 0.562. The van der Waals surface area contributed by atoms with Crippen molar-refractivity contribution >= 4 is 33.4 Å². The number of anilines is 1. The highest BCUT2D eigenvalue weighted by molar-refractivity contribution is 7.99. The Hall–Kier alpha value is -1.29. The average molecular weight is 385 g/mol. The Morgan fingerprint density at radius 3 is 2.44 bits per heavy atom. The van der Waals surface area contributed by atoms with Crippen LogP contribution in [0.25, 0.3) is 0 Å². The minimum atomic E-state index is -3.66. The molecule has 0 bridgehead atoms. The van der Waals surface area contributed by atoms with Crippen LogP contribution in [0.3, 0.4) is 0 Å². The van der Waals surface area contributed by atoms with Gasteiger partial charge in [0.05, 0.1) is 4.90 Å². The molecular weight excluding hydrogens is 360 g/mol. The maximum Gasteiger partial charge on any atom is 0.238 e. The van der Waals surface area contributed by atoms with Gasteiger partial charge >= 0.3 is 0 Å². The molecule has 25 heavy (non-hydrogen) atoms. The van der Waals surface area contributed by atoms with Gasteiger partial charge in [0.1, 0.15) is 0 Å². The molecule has 9 heteroatoms. The van der Waals surface area contributed by atoms with E-state index in [1.807, 2.05) is 16.7 Å². The number of nitrogens with two attached hydrogens (primary N) is 1. The molecule has 7 nitrogen and oxygen atoms in total. The van der Waals surface area contributed by atoms with Crippen LogP contribution in [0.1, 0.15) is 6.42 Å². The van der Waals surface area contributed by atoms with Crippen molar-refractivity contribution in [1.82, 2.24) is 10.2 Å². The smallest absolute Gasteiger partial charge is 0.238 e. The summed E-state index contributed by atoms with van der Waals surface area (Å²) in [5, 5.41) is 8.52. The topological polar surface area (TPSA) is 95.7 Å². The number of hydrogen-bond donors (Lipinski definition) is 2. The lowest BCUT2D eigenvalue weighted by molar-refractivity contribution is -0.131. The molecule has 0 saturated carbocycles. The Kier molecular flexibility index (Phi) is 5.88. The molecule has 1 aromatic carbocycles. The third-order valence-corrected chi connectivity index (χ3v) is 6.64. The second-order valence-corrected chi connectivity index (χ2v) is 9.05. The summed E-state index contributed by atoms with van der Waals surface area (Å²) >= 11 is 1.90. The summed E-state index contributed by atoms with van der Waals surface area (Å²) in [6.45, 7) is 3.84. The number of rotatable bonds is 4. The molecule has 3 N–H and O–H groups in total. The van der Waals surface area contributed by atoms with E-state index in [9.17, 15) is 13.2 Å². The van der Waals surface area contributed by atoms with E-state index in [2.05, 4.69) is 10.2 Å². The Balaban J connectivity index is 1.52. The number of benzene rings is 1. The Bertz CT molecular complexity index is 695. The molecule has 1 atom stereocenters. The third-order valence-electron chi connectivity index (χ3n) is 4.58. The van der Waals surface area contributed by atoms with Gasteiger partial charge in [0, 0.05) is 62.4 Å². The Morgan fingerprint density at radius 1 is 1.20 bits per heavy atom. The molecule has 1 unspecified atom stereocenters. The number of piperazine rings is 1. The van der Waals surface area contributed by atoms with Gasteiger partial charge in [-0.2, -0.15) is 11.8 Å². The Labute approximate surface area is 153 Å². The number of carbonyl (C=O) groups excluding carboxylic acids is 1. The van der Waals surface area contributed by atoms with E-state index >= 15 is 0 Å². The minimum absolute atomic E-state index is 0.114. The molecule has 0 radical (unpaired) electrons. The lowest BCUT2D eigenvalue weighted by Gasteiger charge is -2.37. The van der Waals surface area contributed by atoms with Gasteiger partial charge in [-0.05, 0) is 24.3 Å². The first-order chi connectivity index (χ1) is 11.9. The van der Waals surface area contributed by atoms with Crippen molar-refractivity contribution < 1.29 is 13.2 Å². The number of hydrogen-bond acceptors (Lipinski definition) is 6. The molecule has 2 aliphatic heterocycles. The zero-order valence-electron chi connectivity index (χ0n) is 14.1. The molecule has 2 aliphatic rings. The normalized spacial score (nSPS) is 22.0. The van der Waals surface area contributed by atoms with Crippen molar-refractivity contribution in [2.75, 3.05) is 49.1 Å². The molecule has 3 rings (SSSR count). The maximum atomic E-state index is 12.4. The van der Waals surface area contributed by atoms with Crippen molar-refractivity contribution in [2.45, 2.75) is 17.4 Å². The third kappa shape index (κ3) is 4.87. The zero-order chi connectivity index (χ0) is 17.9. The van der Waals surface area contributed by atoms with Crippen LogP contribution in [0.15, 0.2) is 29.2 Å². The number of primary sulfonamides is 1. The molecule has 2 heterocycles. The van der Waals surface area contributed by atoms with E-state index in [0.717, 1.165) is 36.8 Å². The standard InChI is InChI=1S/C16H24N4O3S2/c17-25(22,23)15-3-1-14(2-4-15)19-6-8-20(9-7-19)16(21)11-13-12-24-10-5-18-13/h1-4,13,18H,5-12H2,(H2,17,22,23). The van der Waals surface area contributed by atoms with Gasteiger partial charge in [-0.3, -0.25) is 4.79 Å². The summed E-state index contributed by atoms with van der Waals surface area (Å²) in [6, 6.07) is 6.86. The van der Waals surface area contributed by atoms with Crippen molar-refractivity contribution in [3.05, 3.63) is 24.3 Å². The highest BCUT2D eigenvalue weighted by Crippen LogP contribution is 2.19. The lowest BCUT2D eigenvalue weighted by Crippen LogP contribution is -2.50. The molecule has 138 valence electrons. The summed E-state index contributed by atoms with van der Waals surface area (Å²) in [4.78, 5) is 16.6. The zero-order valence-corrected chi connectivity index (χ0v) is 15.7. The summed E-state index contributed by atoms with van der Waals surface area (Å²) in [5.41, 5.74) is 0.949. The number of nitrogens with zero attached hydrogens (tertiary/aromatic N) is 2. The van der Waals surface area contributed by atoms with Crippen molar-refractivity contribution in [3.8, 4) is 0 Å². The molecule has 0 spiro atoms. The molecule has 2 saturated heterocycles. The van der Waals surface area contributed by atoms with E-state index in [-0.39, 0.29) is 16.8 Å². The average Bonchev–Trinajstić information content (AvgIpc) is 2.62. The summed E-state index contributed by atoms with van der Waals surface area (Å²) < 4.78 is 22.6. The first-order valence-corrected chi connectivity index (χ1v) is 11.1. The predicted molar refractivity (Wildman–Crippen MR) is 100 cm³/mol. The number of amides is 1. The largest absolute Gasteiger partial charge is 0.368 e. The highest BCUT2D eigenvalue weighted by atomic mass is 32.2. The molecular formula is C16H24N4O3S2. The number of nitrogens with one attached hydrogen (secondary N) is 1. The maximum absolute atomic E-state index is 12.4. The van der Waals surface area contributed by atoms with E-state index in [1.165, 1.54) is 12.1 Å². The molecule has 0 aromatic heterocycles. The van der Waals surface area contributed by atoms with E-state index in [4.69, 9.17) is 5.14 Å². The summed E-state index contributed by atoms with van der Waals surface area (Å²) in [5.74, 6) is 2.33. The molecule has 1 aromatic rings. The van der Waals surface area contributed by atoms with Crippen molar-refractivity contribution in [1.29, 1.82) is 0 Å². The van der Waals surface area contributed by atoms with Gasteiger partial charge in [0.25, 0.3) is 0 Å². The minimum Gasteiger partial charge on any atom is -0.368 e. The van der Waals surface area contributed by atoms with Crippen LogP contribution >= 0.6 is 11.8 Å². The van der Waals surface area contributed by atoms with Gasteiger partial charge in [0.2, 0.25) is 15.9 Å². The van der Waals surface area contributed by atoms with Crippen molar-refractivity contribution in [3.63, 3.8) is 0 Å². The fourth-order valence-electron chi connectivity index (χ4n) is 3.15. The van der Waals surface area contributed by atoms with E-state index in [0.29, 0.717) is 19.5 Å². The number of carbonyl (C=O) groups is 1. The van der Waals surface area contributed by atoms with Crippen LogP contribution in [-0.4, -0.2) is 69.5 Å². The molecule has 2 fully saturated rings. The lowest BCUT2D eigenvalue weighted by atomic mass is 10.2. The van der Waals surface area contributed by atoms with Crippen molar-refractivity contribution in [2.24, 2.45) is 5.14 Å². The van der Waals surface area contributed by atoms with E-state index in [1.54, 1.807) is 12.1 Å². The first-order valence-electron chi connectivity index (χ1n) is 8.40. The quantitative estimate of drug-likeness (QED) is 0.763. The Morgan fingerprint density at radius 2 is 1.88 bits per heavy atom. The van der Waals surface area contributed by atoms with Gasteiger partial charge in [0.15, 0.2) is 0 Å². The fourth-order valence-corrected chi connectivity index (χ4v) is 4.62. The van der Waals surface area contributed by atoms with Gasteiger partial charge < -0.3 is 15.1 Å². The highest BCUT2D eigenvalue weighted by Gasteiger charge is 2.24. The van der Waals surface area contributed by atoms with E-state index < -0.39 is 10.0 Å². The number of thioether (sulfide) groups is 1. The van der Waals surface area contributed by atoms with Gasteiger partial charge in [-0.1, -0.05) is 0 Å². The molecule has 0 aliphatic carbocycles. The number of sulfonamides is 1. The van der Waals surface area contributed by atoms with Crippen LogP contribution in [0.2, 0.25) is 0 Å². The predicted octanol–water partition coefficient (Wildman–Crippen LogP) is 0.0777.